The van der Waals surface area contributed by atoms with Crippen LogP contribution in [0.2, 0.25) is 0 Å². The molecule has 1 aromatic rings. The molecule has 0 spiro atoms. The lowest BCUT2D eigenvalue weighted by Gasteiger charge is -2.39. The number of alkyl halides is 1. The van der Waals surface area contributed by atoms with E-state index in [-0.39, 0.29) is 17.5 Å². The Morgan fingerprint density at radius 2 is 2.16 bits per heavy atom. The van der Waals surface area contributed by atoms with Gasteiger partial charge in [-0.15, -0.1) is 0 Å². The normalized spacial score (nSPS) is 24.3. The summed E-state index contributed by atoms with van der Waals surface area (Å²) < 4.78 is 5.61. The van der Waals surface area contributed by atoms with E-state index in [1.54, 1.807) is 17.3 Å². The van der Waals surface area contributed by atoms with E-state index in [2.05, 4.69) is 11.1 Å². The summed E-state index contributed by atoms with van der Waals surface area (Å²) in [5.41, 5.74) is 3.88. The Hall–Kier alpha value is -1.82. The van der Waals surface area contributed by atoms with Crippen molar-refractivity contribution in [2.24, 2.45) is 0 Å². The minimum absolute atomic E-state index is 0.131. The molecule has 1 unspecified atom stereocenters. The maximum Gasteiger partial charge on any atom is 0.248 e. The van der Waals surface area contributed by atoms with Gasteiger partial charge >= 0.3 is 0 Å². The zero-order chi connectivity index (χ0) is 17.8. The van der Waals surface area contributed by atoms with Crippen molar-refractivity contribution in [3.63, 3.8) is 0 Å². The summed E-state index contributed by atoms with van der Waals surface area (Å²) in [6, 6.07) is 3.68. The molecule has 0 bridgehead atoms. The van der Waals surface area contributed by atoms with Gasteiger partial charge in [-0.25, -0.2) is 0 Å². The minimum atomic E-state index is -0.314. The summed E-state index contributed by atoms with van der Waals surface area (Å²) >= 11 is 12.1. The topological polar surface area (TPSA) is 45.7 Å². The number of hydrogen-bond donors (Lipinski definition) is 0. The molecule has 25 heavy (non-hydrogen) atoms. The summed E-state index contributed by atoms with van der Waals surface area (Å²) in [6.07, 6.45) is 8.86. The van der Waals surface area contributed by atoms with Gasteiger partial charge in [0, 0.05) is 48.9 Å². The average Bonchev–Trinajstić information content (AvgIpc) is 2.65. The highest BCUT2D eigenvalue weighted by atomic mass is 35.5. The van der Waals surface area contributed by atoms with Gasteiger partial charge < -0.3 is 14.5 Å². The molecular weight excluding hydrogens is 361 g/mol. The SMILES string of the molecule is CN1C(c2ccncc2)=CC(C2COCCN2C(=O)/C=C\Cl)=C[C@H]1Cl. The quantitative estimate of drug-likeness (QED) is 0.460. The van der Waals surface area contributed by atoms with Crippen LogP contribution in [0.1, 0.15) is 5.56 Å². The third-order valence-corrected chi connectivity index (χ3v) is 4.91. The van der Waals surface area contributed by atoms with Gasteiger partial charge in [0.15, 0.2) is 0 Å². The molecule has 5 nitrogen and oxygen atoms in total. The number of aromatic nitrogens is 1. The number of carbonyl (C=O) groups is 1. The van der Waals surface area contributed by atoms with Crippen LogP contribution in [0.25, 0.3) is 5.70 Å². The van der Waals surface area contributed by atoms with Crippen LogP contribution in [0.3, 0.4) is 0 Å². The third-order valence-electron chi connectivity index (χ3n) is 4.36. The molecule has 1 amide bonds. The fourth-order valence-corrected chi connectivity index (χ4v) is 3.38. The van der Waals surface area contributed by atoms with Crippen molar-refractivity contribution in [3.05, 3.63) is 59.4 Å². The minimum Gasteiger partial charge on any atom is -0.377 e. The van der Waals surface area contributed by atoms with Crippen LogP contribution in [0.15, 0.2) is 53.9 Å². The van der Waals surface area contributed by atoms with Gasteiger partial charge in [-0.2, -0.15) is 0 Å². The first kappa shape index (κ1) is 18.0. The number of halogens is 2. The largest absolute Gasteiger partial charge is 0.377 e. The van der Waals surface area contributed by atoms with Gasteiger partial charge in [-0.1, -0.05) is 23.2 Å². The number of nitrogens with zero attached hydrogens (tertiary/aromatic N) is 3. The monoisotopic (exact) mass is 379 g/mol. The van der Waals surface area contributed by atoms with Crippen LogP contribution >= 0.6 is 23.2 Å². The molecule has 132 valence electrons. The second kappa shape index (κ2) is 8.04. The molecule has 2 aliphatic heterocycles. The fourth-order valence-electron chi connectivity index (χ4n) is 3.02. The molecular formula is C18H19Cl2N3O2. The highest BCUT2D eigenvalue weighted by Crippen LogP contribution is 2.31. The Kier molecular flexibility index (Phi) is 5.78. The number of likely N-dealkylation sites (N-methyl/N-ethyl adjacent to an activating group) is 1. The number of morpholine rings is 1. The molecule has 0 saturated carbocycles. The Balaban J connectivity index is 1.95. The van der Waals surface area contributed by atoms with E-state index >= 15 is 0 Å². The molecule has 2 atom stereocenters. The molecule has 0 aliphatic carbocycles. The first-order valence-electron chi connectivity index (χ1n) is 7.97. The third kappa shape index (κ3) is 3.89. The number of carbonyl (C=O) groups excluding carboxylic acids is 1. The van der Waals surface area contributed by atoms with Crippen LogP contribution in [0, 0.1) is 0 Å². The summed E-state index contributed by atoms with van der Waals surface area (Å²) in [4.78, 5) is 20.2. The van der Waals surface area contributed by atoms with Crippen molar-refractivity contribution in [3.8, 4) is 0 Å². The summed E-state index contributed by atoms with van der Waals surface area (Å²) in [6.45, 7) is 1.46. The van der Waals surface area contributed by atoms with Gasteiger partial charge in [0.1, 0.15) is 5.50 Å². The fraction of sp³-hybridized carbons (Fsp3) is 0.333. The summed E-state index contributed by atoms with van der Waals surface area (Å²) in [5, 5.41) is 0. The molecule has 3 rings (SSSR count). The molecule has 7 heteroatoms. The van der Waals surface area contributed by atoms with Crippen molar-refractivity contribution in [1.82, 2.24) is 14.8 Å². The van der Waals surface area contributed by atoms with Crippen LogP contribution in [-0.2, 0) is 9.53 Å². The zero-order valence-corrected chi connectivity index (χ0v) is 15.3. The van der Waals surface area contributed by atoms with E-state index in [4.69, 9.17) is 27.9 Å². The second-order valence-corrected chi connectivity index (χ2v) is 6.53. The predicted octanol–water partition coefficient (Wildman–Crippen LogP) is 2.84. The lowest BCUT2D eigenvalue weighted by Crippen LogP contribution is -2.49. The molecule has 0 radical (unpaired) electrons. The van der Waals surface area contributed by atoms with Gasteiger partial charge in [0.2, 0.25) is 5.91 Å². The van der Waals surface area contributed by atoms with E-state index in [1.165, 1.54) is 11.6 Å². The molecule has 2 aliphatic rings. The Bertz CT molecular complexity index is 718. The van der Waals surface area contributed by atoms with Gasteiger partial charge in [0.25, 0.3) is 0 Å². The van der Waals surface area contributed by atoms with Crippen LogP contribution in [0.4, 0.5) is 0 Å². The molecule has 0 aromatic carbocycles. The molecule has 1 saturated heterocycles. The standard InChI is InChI=1S/C18H19Cl2N3O2/c1-22-15(13-3-6-21-7-4-13)10-14(11-17(22)20)16-12-25-9-8-23(16)18(24)2-5-19/h2-7,10-11,16-17H,8-9,12H2,1H3/b5-2-/t16?,17-/m0/s1. The number of hydrogen-bond acceptors (Lipinski definition) is 4. The molecule has 3 heterocycles. The van der Waals surface area contributed by atoms with E-state index < -0.39 is 0 Å². The summed E-state index contributed by atoms with van der Waals surface area (Å²) in [5.74, 6) is -0.131. The van der Waals surface area contributed by atoms with Crippen LogP contribution in [0.5, 0.6) is 0 Å². The first-order valence-corrected chi connectivity index (χ1v) is 8.85. The van der Waals surface area contributed by atoms with Crippen LogP contribution in [-0.4, -0.2) is 59.0 Å². The van der Waals surface area contributed by atoms with E-state index in [0.717, 1.165) is 16.8 Å². The van der Waals surface area contributed by atoms with Crippen molar-refractivity contribution in [2.45, 2.75) is 11.5 Å². The number of amides is 1. The Labute approximate surface area is 157 Å². The summed E-state index contributed by atoms with van der Waals surface area (Å²) in [7, 11) is 1.94. The number of ether oxygens (including phenoxy) is 1. The van der Waals surface area contributed by atoms with E-state index in [9.17, 15) is 4.79 Å². The lowest BCUT2D eigenvalue weighted by atomic mass is 9.98. The first-order chi connectivity index (χ1) is 12.1. The van der Waals surface area contributed by atoms with Gasteiger partial charge in [0.05, 0.1) is 19.3 Å². The van der Waals surface area contributed by atoms with Crippen molar-refractivity contribution in [1.29, 1.82) is 0 Å². The highest BCUT2D eigenvalue weighted by molar-refractivity contribution is 6.26. The Morgan fingerprint density at radius 1 is 1.40 bits per heavy atom. The van der Waals surface area contributed by atoms with Crippen molar-refractivity contribution >= 4 is 34.8 Å². The average molecular weight is 380 g/mol. The smallest absolute Gasteiger partial charge is 0.248 e. The molecule has 0 N–H and O–H groups in total. The molecule has 1 aromatic heterocycles. The van der Waals surface area contributed by atoms with Crippen molar-refractivity contribution in [2.75, 3.05) is 26.8 Å². The van der Waals surface area contributed by atoms with E-state index in [0.29, 0.717) is 19.8 Å². The van der Waals surface area contributed by atoms with E-state index in [1.807, 2.05) is 30.2 Å². The zero-order valence-electron chi connectivity index (χ0n) is 13.8. The van der Waals surface area contributed by atoms with Crippen molar-refractivity contribution < 1.29 is 9.53 Å². The van der Waals surface area contributed by atoms with Crippen LogP contribution < -0.4 is 0 Å². The number of rotatable bonds is 3. The second-order valence-electron chi connectivity index (χ2n) is 5.83. The lowest BCUT2D eigenvalue weighted by molar-refractivity contribution is -0.132. The van der Waals surface area contributed by atoms with Gasteiger partial charge in [-0.3, -0.25) is 9.78 Å². The van der Waals surface area contributed by atoms with Gasteiger partial charge in [-0.05, 0) is 29.9 Å². The molecule has 1 fully saturated rings. The maximum absolute atomic E-state index is 12.3. The predicted molar refractivity (Wildman–Crippen MR) is 99.0 cm³/mol. The maximum atomic E-state index is 12.3. The Morgan fingerprint density at radius 3 is 2.88 bits per heavy atom. The number of pyridine rings is 1. The highest BCUT2D eigenvalue weighted by Gasteiger charge is 2.31.